The zero-order valence-electron chi connectivity index (χ0n) is 19.5. The number of rotatable bonds is 6. The Balaban J connectivity index is 1.31. The monoisotopic (exact) mass is 451 g/mol. The lowest BCUT2D eigenvalue weighted by atomic mass is 10.1. The van der Waals surface area contributed by atoms with Crippen LogP contribution in [0.25, 0.3) is 0 Å². The minimum Gasteiger partial charge on any atom is -0.494 e. The summed E-state index contributed by atoms with van der Waals surface area (Å²) in [6.07, 6.45) is 6.50. The quantitative estimate of drug-likeness (QED) is 0.624. The first-order valence-corrected chi connectivity index (χ1v) is 11.6. The number of piperidine rings is 1. The van der Waals surface area contributed by atoms with Gasteiger partial charge in [0.15, 0.2) is 5.75 Å². The van der Waals surface area contributed by atoms with Gasteiger partial charge in [-0.25, -0.2) is 14.8 Å². The molecule has 2 atom stereocenters. The van der Waals surface area contributed by atoms with Crippen LogP contribution in [0.3, 0.4) is 0 Å². The third kappa shape index (κ3) is 5.63. The van der Waals surface area contributed by atoms with Crippen LogP contribution in [0, 0.1) is 0 Å². The van der Waals surface area contributed by atoms with Crippen LogP contribution in [0.5, 0.6) is 5.75 Å². The molecule has 0 radical (unpaired) electrons. The topological polar surface area (TPSA) is 71.0 Å². The fourth-order valence-electron chi connectivity index (χ4n) is 4.60. The Kier molecular flexibility index (Phi) is 7.44. The lowest BCUT2D eigenvalue weighted by molar-refractivity contribution is 0.0128. The van der Waals surface area contributed by atoms with Gasteiger partial charge in [0.25, 0.3) is 0 Å². The van der Waals surface area contributed by atoms with Crippen LogP contribution >= 0.6 is 0 Å². The molecular weight excluding hydrogens is 418 g/mol. The Morgan fingerprint density at radius 1 is 1.15 bits per heavy atom. The molecule has 3 heterocycles. The highest BCUT2D eigenvalue weighted by Crippen LogP contribution is 2.24. The molecule has 1 aromatic heterocycles. The maximum Gasteiger partial charge on any atom is 0.410 e. The summed E-state index contributed by atoms with van der Waals surface area (Å²) in [5, 5.41) is 0. The lowest BCUT2D eigenvalue weighted by Gasteiger charge is -2.44. The fraction of sp³-hybridized carbons (Fsp3) is 0.480. The molecule has 0 saturated carbocycles. The number of ether oxygens (including phenoxy) is 2. The summed E-state index contributed by atoms with van der Waals surface area (Å²) >= 11 is 0. The highest BCUT2D eigenvalue weighted by Gasteiger charge is 2.37. The normalized spacial score (nSPS) is 22.1. The van der Waals surface area contributed by atoms with E-state index in [2.05, 4.69) is 50.6 Å². The van der Waals surface area contributed by atoms with Crippen molar-refractivity contribution < 1.29 is 14.3 Å². The van der Waals surface area contributed by atoms with E-state index in [1.807, 2.05) is 17.9 Å². The molecule has 1 aromatic carbocycles. The predicted molar refractivity (Wildman–Crippen MR) is 127 cm³/mol. The number of hydrogen-bond donors (Lipinski definition) is 0. The highest BCUT2D eigenvalue weighted by molar-refractivity contribution is 5.69. The van der Waals surface area contributed by atoms with Crippen molar-refractivity contribution in [3.8, 4) is 5.75 Å². The second-order valence-corrected chi connectivity index (χ2v) is 8.73. The molecule has 0 unspecified atom stereocenters. The number of nitrogens with zero attached hydrogens (tertiary/aromatic N) is 5. The minimum absolute atomic E-state index is 0.0508. The van der Waals surface area contributed by atoms with Gasteiger partial charge in [-0.1, -0.05) is 36.4 Å². The molecule has 0 bridgehead atoms. The number of likely N-dealkylation sites (tertiary alicyclic amines) is 1. The van der Waals surface area contributed by atoms with Gasteiger partial charge in [-0.05, 0) is 25.3 Å². The van der Waals surface area contributed by atoms with Gasteiger partial charge in [0, 0.05) is 32.7 Å². The van der Waals surface area contributed by atoms with Gasteiger partial charge in [0.05, 0.1) is 31.6 Å². The van der Waals surface area contributed by atoms with Gasteiger partial charge in [-0.2, -0.15) is 0 Å². The van der Waals surface area contributed by atoms with Crippen LogP contribution in [0.15, 0.2) is 55.4 Å². The Bertz CT molecular complexity index is 915. The first kappa shape index (κ1) is 23.0. The standard InChI is InChI=1S/C25H33N5O3/c1-4-21-18-29(24-26-14-23(32-3)15-27-24)16-19(2)30(21)25(31)33-22-10-12-28(13-11-22)17-20-8-6-5-7-9-20/h4-9,14-15,19,21-22H,1,10-13,16-18H2,2-3H3/t19-,21+/m1/s1. The first-order valence-electron chi connectivity index (χ1n) is 11.6. The number of benzene rings is 1. The van der Waals surface area contributed by atoms with E-state index in [-0.39, 0.29) is 24.3 Å². The van der Waals surface area contributed by atoms with E-state index in [0.29, 0.717) is 24.8 Å². The van der Waals surface area contributed by atoms with Crippen molar-refractivity contribution in [2.75, 3.05) is 38.2 Å². The smallest absolute Gasteiger partial charge is 0.410 e. The van der Waals surface area contributed by atoms with E-state index in [0.717, 1.165) is 32.5 Å². The van der Waals surface area contributed by atoms with Crippen LogP contribution in [0.4, 0.5) is 10.7 Å². The zero-order valence-corrected chi connectivity index (χ0v) is 19.5. The average Bonchev–Trinajstić information content (AvgIpc) is 2.85. The molecule has 2 aromatic rings. The van der Waals surface area contributed by atoms with Crippen LogP contribution in [-0.4, -0.2) is 77.3 Å². The summed E-state index contributed by atoms with van der Waals surface area (Å²) in [5.41, 5.74) is 1.31. The number of carbonyl (C=O) groups is 1. The number of carbonyl (C=O) groups excluding carboxylic acids is 1. The Morgan fingerprint density at radius 3 is 2.48 bits per heavy atom. The molecule has 4 rings (SSSR count). The molecule has 0 spiro atoms. The van der Waals surface area contributed by atoms with Crippen molar-refractivity contribution in [2.24, 2.45) is 0 Å². The van der Waals surface area contributed by atoms with Gasteiger partial charge in [0.1, 0.15) is 6.10 Å². The molecule has 2 aliphatic rings. The van der Waals surface area contributed by atoms with Crippen LogP contribution in [0.1, 0.15) is 25.3 Å². The van der Waals surface area contributed by atoms with Crippen LogP contribution in [0.2, 0.25) is 0 Å². The largest absolute Gasteiger partial charge is 0.494 e. The number of methoxy groups -OCH3 is 1. The molecule has 8 heteroatoms. The molecule has 8 nitrogen and oxygen atoms in total. The average molecular weight is 452 g/mol. The number of anilines is 1. The molecule has 2 aliphatic heterocycles. The SMILES string of the molecule is C=C[C@H]1CN(c2ncc(OC)cn2)C[C@@H](C)N1C(=O)OC1CCN(Cc2ccccc2)CC1. The lowest BCUT2D eigenvalue weighted by Crippen LogP contribution is -2.60. The van der Waals surface area contributed by atoms with Gasteiger partial charge in [-0.15, -0.1) is 6.58 Å². The van der Waals surface area contributed by atoms with E-state index in [1.165, 1.54) is 5.56 Å². The number of hydrogen-bond acceptors (Lipinski definition) is 7. The number of amides is 1. The predicted octanol–water partition coefficient (Wildman–Crippen LogP) is 3.35. The number of aromatic nitrogens is 2. The van der Waals surface area contributed by atoms with Gasteiger partial charge in [0.2, 0.25) is 5.95 Å². The zero-order chi connectivity index (χ0) is 23.2. The summed E-state index contributed by atoms with van der Waals surface area (Å²) in [7, 11) is 1.59. The summed E-state index contributed by atoms with van der Waals surface area (Å²) in [6.45, 7) is 9.97. The third-order valence-electron chi connectivity index (χ3n) is 6.39. The Hall–Kier alpha value is -3.13. The Labute approximate surface area is 195 Å². The van der Waals surface area contributed by atoms with E-state index in [4.69, 9.17) is 9.47 Å². The van der Waals surface area contributed by atoms with E-state index < -0.39 is 0 Å². The van der Waals surface area contributed by atoms with Gasteiger partial charge >= 0.3 is 6.09 Å². The summed E-state index contributed by atoms with van der Waals surface area (Å²) in [4.78, 5) is 28.2. The summed E-state index contributed by atoms with van der Waals surface area (Å²) in [5.74, 6) is 1.23. The molecule has 2 saturated heterocycles. The Morgan fingerprint density at radius 2 is 1.85 bits per heavy atom. The van der Waals surface area contributed by atoms with E-state index in [9.17, 15) is 4.79 Å². The maximum absolute atomic E-state index is 13.1. The second-order valence-electron chi connectivity index (χ2n) is 8.73. The van der Waals surface area contributed by atoms with Crippen LogP contribution in [-0.2, 0) is 11.3 Å². The van der Waals surface area contributed by atoms with Crippen molar-refractivity contribution in [2.45, 2.75) is 44.5 Å². The molecule has 2 fully saturated rings. The van der Waals surface area contributed by atoms with Crippen molar-refractivity contribution in [1.29, 1.82) is 0 Å². The maximum atomic E-state index is 13.1. The van der Waals surface area contributed by atoms with E-state index in [1.54, 1.807) is 25.6 Å². The van der Waals surface area contributed by atoms with Crippen molar-refractivity contribution in [3.05, 3.63) is 60.9 Å². The highest BCUT2D eigenvalue weighted by atomic mass is 16.6. The summed E-state index contributed by atoms with van der Waals surface area (Å²) in [6, 6.07) is 10.3. The molecule has 33 heavy (non-hydrogen) atoms. The van der Waals surface area contributed by atoms with Gasteiger partial charge < -0.3 is 14.4 Å². The molecule has 176 valence electrons. The molecule has 1 amide bonds. The van der Waals surface area contributed by atoms with Crippen LogP contribution < -0.4 is 9.64 Å². The molecular formula is C25H33N5O3. The minimum atomic E-state index is -0.260. The number of piperazine rings is 1. The van der Waals surface area contributed by atoms with Crippen molar-refractivity contribution in [3.63, 3.8) is 0 Å². The second kappa shape index (κ2) is 10.7. The van der Waals surface area contributed by atoms with E-state index >= 15 is 0 Å². The molecule has 0 aliphatic carbocycles. The summed E-state index contributed by atoms with van der Waals surface area (Å²) < 4.78 is 11.1. The molecule has 0 N–H and O–H groups in total. The van der Waals surface area contributed by atoms with Crippen molar-refractivity contribution in [1.82, 2.24) is 19.8 Å². The first-order chi connectivity index (χ1) is 16.1. The third-order valence-corrected chi connectivity index (χ3v) is 6.39. The van der Waals surface area contributed by atoms with Gasteiger partial charge in [-0.3, -0.25) is 9.80 Å². The van der Waals surface area contributed by atoms with Crippen molar-refractivity contribution >= 4 is 12.0 Å². The fourth-order valence-corrected chi connectivity index (χ4v) is 4.60.